The summed E-state index contributed by atoms with van der Waals surface area (Å²) in [6, 6.07) is 3.40. The van der Waals surface area contributed by atoms with Gasteiger partial charge in [0.15, 0.2) is 5.69 Å². The number of pyridine rings is 1. The van der Waals surface area contributed by atoms with Gasteiger partial charge in [-0.2, -0.15) is 0 Å². The van der Waals surface area contributed by atoms with E-state index in [1.807, 2.05) is 11.6 Å². The van der Waals surface area contributed by atoms with Gasteiger partial charge in [-0.3, -0.25) is 14.7 Å². The van der Waals surface area contributed by atoms with Crippen molar-refractivity contribution in [2.75, 3.05) is 12.4 Å². The van der Waals surface area contributed by atoms with Crippen molar-refractivity contribution in [3.8, 4) is 5.75 Å². The molecule has 0 aromatic carbocycles. The van der Waals surface area contributed by atoms with Crippen LogP contribution in [0.4, 0.5) is 5.95 Å². The molecule has 104 valence electrons. The van der Waals surface area contributed by atoms with E-state index in [0.29, 0.717) is 17.6 Å². The van der Waals surface area contributed by atoms with Gasteiger partial charge in [0.1, 0.15) is 11.6 Å². The molecule has 1 fully saturated rings. The Hall–Kier alpha value is -2.44. The molecule has 2 aromatic rings. The second-order valence-corrected chi connectivity index (χ2v) is 4.72. The maximum atomic E-state index is 12.2. The molecule has 20 heavy (non-hydrogen) atoms. The Morgan fingerprint density at radius 1 is 1.45 bits per heavy atom. The second-order valence-electron chi connectivity index (χ2n) is 4.72. The maximum Gasteiger partial charge on any atom is 0.280 e. The van der Waals surface area contributed by atoms with Crippen LogP contribution in [0.1, 0.15) is 35.1 Å². The van der Waals surface area contributed by atoms with Gasteiger partial charge in [-0.15, -0.1) is 10.2 Å². The molecule has 2 heterocycles. The number of ether oxygens (including phenoxy) is 1. The lowest BCUT2D eigenvalue weighted by atomic mass is 10.3. The summed E-state index contributed by atoms with van der Waals surface area (Å²) in [6.45, 7) is 0. The zero-order valence-corrected chi connectivity index (χ0v) is 11.3. The van der Waals surface area contributed by atoms with Gasteiger partial charge in [0.25, 0.3) is 5.91 Å². The Balaban J connectivity index is 1.82. The summed E-state index contributed by atoms with van der Waals surface area (Å²) in [5.41, 5.74) is 0.228. The van der Waals surface area contributed by atoms with Gasteiger partial charge >= 0.3 is 0 Å². The van der Waals surface area contributed by atoms with E-state index in [9.17, 15) is 4.79 Å². The molecule has 0 atom stereocenters. The van der Waals surface area contributed by atoms with Crippen molar-refractivity contribution in [2.45, 2.75) is 18.8 Å². The van der Waals surface area contributed by atoms with Crippen LogP contribution >= 0.6 is 0 Å². The van der Waals surface area contributed by atoms with Gasteiger partial charge < -0.3 is 4.74 Å². The smallest absolute Gasteiger partial charge is 0.280 e. The van der Waals surface area contributed by atoms with Gasteiger partial charge in [-0.1, -0.05) is 0 Å². The Morgan fingerprint density at radius 2 is 2.25 bits per heavy atom. The van der Waals surface area contributed by atoms with Crippen molar-refractivity contribution in [1.82, 2.24) is 19.7 Å². The normalized spacial score (nSPS) is 14.1. The molecule has 0 radical (unpaired) electrons. The third-order valence-electron chi connectivity index (χ3n) is 3.28. The maximum absolute atomic E-state index is 12.2. The summed E-state index contributed by atoms with van der Waals surface area (Å²) in [5.74, 6) is 1.87. The minimum atomic E-state index is -0.361. The minimum Gasteiger partial charge on any atom is -0.494 e. The zero-order valence-electron chi connectivity index (χ0n) is 11.3. The Kier molecular flexibility index (Phi) is 3.09. The molecule has 7 heteroatoms. The molecule has 0 spiro atoms. The van der Waals surface area contributed by atoms with Gasteiger partial charge in [-0.25, -0.2) is 4.98 Å². The van der Waals surface area contributed by atoms with Crippen LogP contribution in [0.2, 0.25) is 0 Å². The fourth-order valence-electron chi connectivity index (χ4n) is 2.03. The van der Waals surface area contributed by atoms with Crippen molar-refractivity contribution in [1.29, 1.82) is 0 Å². The molecule has 7 nitrogen and oxygen atoms in total. The highest BCUT2D eigenvalue weighted by molar-refractivity contribution is 6.03. The monoisotopic (exact) mass is 273 g/mol. The summed E-state index contributed by atoms with van der Waals surface area (Å²) in [5, 5.41) is 10.8. The predicted octanol–water partition coefficient (Wildman–Crippen LogP) is 1.35. The summed E-state index contributed by atoms with van der Waals surface area (Å²) in [7, 11) is 3.35. The Labute approximate surface area is 116 Å². The van der Waals surface area contributed by atoms with Crippen LogP contribution in [-0.2, 0) is 7.05 Å². The van der Waals surface area contributed by atoms with E-state index < -0.39 is 0 Å². The lowest BCUT2D eigenvalue weighted by Crippen LogP contribution is -2.17. The average molecular weight is 273 g/mol. The first-order valence-electron chi connectivity index (χ1n) is 6.40. The van der Waals surface area contributed by atoms with E-state index in [1.54, 1.807) is 18.3 Å². The fourth-order valence-corrected chi connectivity index (χ4v) is 2.03. The highest BCUT2D eigenvalue weighted by Gasteiger charge is 2.29. The standard InChI is InChI=1S/C13H15N5O2/c1-18-11(8-5-6-8)16-17-13(18)15-12(19)10-9(20-2)4-3-7-14-10/h3-4,7-8H,5-6H2,1-2H3,(H,15,17,19). The summed E-state index contributed by atoms with van der Waals surface area (Å²) >= 11 is 0. The molecule has 1 saturated carbocycles. The first-order valence-corrected chi connectivity index (χ1v) is 6.40. The molecule has 0 bridgehead atoms. The molecular formula is C13H15N5O2. The van der Waals surface area contributed by atoms with E-state index in [4.69, 9.17) is 4.74 Å². The molecule has 0 unspecified atom stereocenters. The quantitative estimate of drug-likeness (QED) is 0.909. The predicted molar refractivity (Wildman–Crippen MR) is 71.7 cm³/mol. The molecule has 0 saturated heterocycles. The van der Waals surface area contributed by atoms with Crippen LogP contribution in [0.5, 0.6) is 5.75 Å². The highest BCUT2D eigenvalue weighted by atomic mass is 16.5. The van der Waals surface area contributed by atoms with E-state index in [1.165, 1.54) is 7.11 Å². The van der Waals surface area contributed by atoms with Gasteiger partial charge in [0.2, 0.25) is 5.95 Å². The van der Waals surface area contributed by atoms with Crippen LogP contribution in [0.3, 0.4) is 0 Å². The number of nitrogens with one attached hydrogen (secondary N) is 1. The number of methoxy groups -OCH3 is 1. The largest absolute Gasteiger partial charge is 0.494 e. The fraction of sp³-hybridized carbons (Fsp3) is 0.385. The molecule has 1 amide bonds. The van der Waals surface area contributed by atoms with Gasteiger partial charge in [0.05, 0.1) is 7.11 Å². The molecular weight excluding hydrogens is 258 g/mol. The first-order chi connectivity index (χ1) is 9.70. The summed E-state index contributed by atoms with van der Waals surface area (Å²) < 4.78 is 6.93. The third kappa shape index (κ3) is 2.22. The second kappa shape index (κ2) is 4.92. The third-order valence-corrected chi connectivity index (χ3v) is 3.28. The van der Waals surface area contributed by atoms with E-state index in [2.05, 4.69) is 20.5 Å². The average Bonchev–Trinajstić information content (AvgIpc) is 3.25. The van der Waals surface area contributed by atoms with Crippen LogP contribution in [0.25, 0.3) is 0 Å². The summed E-state index contributed by atoms with van der Waals surface area (Å²) in [6.07, 6.45) is 3.81. The molecule has 1 N–H and O–H groups in total. The van der Waals surface area contributed by atoms with Gasteiger partial charge in [-0.05, 0) is 25.0 Å². The van der Waals surface area contributed by atoms with Crippen LogP contribution < -0.4 is 10.1 Å². The van der Waals surface area contributed by atoms with E-state index in [0.717, 1.165) is 18.7 Å². The zero-order chi connectivity index (χ0) is 14.1. The molecule has 1 aliphatic carbocycles. The number of hydrogen-bond donors (Lipinski definition) is 1. The lowest BCUT2D eigenvalue weighted by Gasteiger charge is -2.07. The first kappa shape index (κ1) is 12.6. The number of aromatic nitrogens is 4. The number of anilines is 1. The van der Waals surface area contributed by atoms with Crippen molar-refractivity contribution < 1.29 is 9.53 Å². The van der Waals surface area contributed by atoms with Crippen LogP contribution in [0, 0.1) is 0 Å². The summed E-state index contributed by atoms with van der Waals surface area (Å²) in [4.78, 5) is 16.2. The van der Waals surface area contributed by atoms with Crippen LogP contribution in [-0.4, -0.2) is 32.8 Å². The molecule has 0 aliphatic heterocycles. The van der Waals surface area contributed by atoms with Crippen molar-refractivity contribution in [3.63, 3.8) is 0 Å². The van der Waals surface area contributed by atoms with Crippen molar-refractivity contribution >= 4 is 11.9 Å². The Morgan fingerprint density at radius 3 is 2.95 bits per heavy atom. The molecule has 1 aliphatic rings. The topological polar surface area (TPSA) is 81.9 Å². The number of amides is 1. The number of hydrogen-bond acceptors (Lipinski definition) is 5. The van der Waals surface area contributed by atoms with Gasteiger partial charge in [0, 0.05) is 19.2 Å². The highest BCUT2D eigenvalue weighted by Crippen LogP contribution is 2.39. The molecule has 2 aromatic heterocycles. The van der Waals surface area contributed by atoms with Crippen molar-refractivity contribution in [2.24, 2.45) is 7.05 Å². The van der Waals surface area contributed by atoms with E-state index >= 15 is 0 Å². The minimum absolute atomic E-state index is 0.228. The van der Waals surface area contributed by atoms with Crippen LogP contribution in [0.15, 0.2) is 18.3 Å². The number of nitrogens with zero attached hydrogens (tertiary/aromatic N) is 4. The SMILES string of the molecule is COc1cccnc1C(=O)Nc1nnc(C2CC2)n1C. The Bertz CT molecular complexity index is 648. The van der Waals surface area contributed by atoms with E-state index in [-0.39, 0.29) is 11.6 Å². The number of rotatable bonds is 4. The number of carbonyl (C=O) groups is 1. The lowest BCUT2D eigenvalue weighted by molar-refractivity contribution is 0.101. The number of carbonyl (C=O) groups excluding carboxylic acids is 1. The van der Waals surface area contributed by atoms with Crippen molar-refractivity contribution in [3.05, 3.63) is 29.8 Å². The molecule has 3 rings (SSSR count).